The van der Waals surface area contributed by atoms with Gasteiger partial charge in [-0.05, 0) is 36.4 Å². The van der Waals surface area contributed by atoms with Crippen molar-refractivity contribution in [1.29, 1.82) is 0 Å². The van der Waals surface area contributed by atoms with Gasteiger partial charge in [0.1, 0.15) is 5.84 Å². The average Bonchev–Trinajstić information content (AvgIpc) is 2.86. The molecule has 0 spiro atoms. The Hall–Kier alpha value is -2.76. The van der Waals surface area contributed by atoms with E-state index in [1.807, 2.05) is 0 Å². The molecule has 2 aromatic carbocycles. The van der Waals surface area contributed by atoms with Crippen LogP contribution in [0.15, 0.2) is 63.3 Å². The van der Waals surface area contributed by atoms with Crippen LogP contribution >= 0.6 is 0 Å². The molecule has 0 atom stereocenters. The van der Waals surface area contributed by atoms with E-state index in [9.17, 15) is 21.6 Å². The SMILES string of the molecule is NS(=O)(=O)c1ccc(NC(=O)CCN=C2NS(=O)(=O)c3ccccc32)cc1. The van der Waals surface area contributed by atoms with Crippen molar-refractivity contribution in [2.24, 2.45) is 10.1 Å². The first-order chi connectivity index (χ1) is 12.7. The van der Waals surface area contributed by atoms with Crippen LogP contribution in [0.5, 0.6) is 0 Å². The first-order valence-electron chi connectivity index (χ1n) is 7.76. The van der Waals surface area contributed by atoms with Crippen LogP contribution in [0.1, 0.15) is 12.0 Å². The molecule has 0 radical (unpaired) electrons. The van der Waals surface area contributed by atoms with Crippen molar-refractivity contribution < 1.29 is 21.6 Å². The average molecular weight is 408 g/mol. The van der Waals surface area contributed by atoms with Gasteiger partial charge in [-0.15, -0.1) is 0 Å². The Bertz CT molecular complexity index is 1120. The Balaban J connectivity index is 1.61. The number of anilines is 1. The molecule has 1 heterocycles. The lowest BCUT2D eigenvalue weighted by atomic mass is 10.2. The van der Waals surface area contributed by atoms with Crippen molar-refractivity contribution in [1.82, 2.24) is 4.72 Å². The van der Waals surface area contributed by atoms with Gasteiger partial charge < -0.3 is 5.32 Å². The van der Waals surface area contributed by atoms with Crippen molar-refractivity contribution >= 4 is 37.5 Å². The standard InChI is InChI=1S/C16H16N4O5S2/c17-26(22,23)12-7-5-11(6-8-12)19-15(21)9-10-18-16-13-3-1-2-4-14(13)27(24,25)20-16/h1-8H,9-10H2,(H,18,20)(H,19,21)(H2,17,22,23). The lowest BCUT2D eigenvalue weighted by molar-refractivity contribution is -0.116. The Morgan fingerprint density at radius 1 is 1.11 bits per heavy atom. The lowest BCUT2D eigenvalue weighted by Crippen LogP contribution is -2.23. The fraction of sp³-hybridized carbons (Fsp3) is 0.125. The number of hydrogen-bond acceptors (Lipinski definition) is 6. The molecule has 1 aliphatic heterocycles. The molecule has 1 amide bonds. The minimum absolute atomic E-state index is 0.0182. The first-order valence-corrected chi connectivity index (χ1v) is 10.8. The van der Waals surface area contributed by atoms with Gasteiger partial charge in [0.25, 0.3) is 10.0 Å². The van der Waals surface area contributed by atoms with Gasteiger partial charge in [-0.2, -0.15) is 0 Å². The summed E-state index contributed by atoms with van der Waals surface area (Å²) in [5, 5.41) is 7.61. The molecule has 0 bridgehead atoms. The van der Waals surface area contributed by atoms with E-state index in [1.54, 1.807) is 18.2 Å². The summed E-state index contributed by atoms with van der Waals surface area (Å²) in [5.41, 5.74) is 0.878. The van der Waals surface area contributed by atoms with E-state index < -0.39 is 20.0 Å². The zero-order chi connectivity index (χ0) is 19.7. The largest absolute Gasteiger partial charge is 0.326 e. The normalized spacial score (nSPS) is 16.6. The molecule has 1 aliphatic rings. The molecule has 142 valence electrons. The summed E-state index contributed by atoms with van der Waals surface area (Å²) in [4.78, 5) is 16.2. The Morgan fingerprint density at radius 3 is 2.44 bits per heavy atom. The summed E-state index contributed by atoms with van der Waals surface area (Å²) in [6, 6.07) is 11.9. The highest BCUT2D eigenvalue weighted by Gasteiger charge is 2.29. The first kappa shape index (κ1) is 19.0. The van der Waals surface area contributed by atoms with Gasteiger partial charge >= 0.3 is 0 Å². The molecule has 9 nitrogen and oxygen atoms in total. The van der Waals surface area contributed by atoms with Crippen molar-refractivity contribution in [2.45, 2.75) is 16.2 Å². The molecular weight excluding hydrogens is 392 g/mol. The molecular formula is C16H16N4O5S2. The molecule has 11 heteroatoms. The van der Waals surface area contributed by atoms with Crippen LogP contribution < -0.4 is 15.2 Å². The second kappa shape index (κ2) is 7.10. The number of fused-ring (bicyclic) bond motifs is 1. The highest BCUT2D eigenvalue weighted by atomic mass is 32.2. The van der Waals surface area contributed by atoms with Crippen LogP contribution in [-0.4, -0.2) is 35.1 Å². The second-order valence-electron chi connectivity index (χ2n) is 5.70. The number of nitrogens with zero attached hydrogens (tertiary/aromatic N) is 1. The summed E-state index contributed by atoms with van der Waals surface area (Å²) in [5.74, 6) is -0.146. The molecule has 0 unspecified atom stereocenters. The number of amidine groups is 1. The maximum atomic E-state index is 12.0. The number of carbonyl (C=O) groups is 1. The maximum absolute atomic E-state index is 12.0. The number of benzene rings is 2. The van der Waals surface area contributed by atoms with Gasteiger partial charge in [0.2, 0.25) is 15.9 Å². The van der Waals surface area contributed by atoms with Gasteiger partial charge in [0.05, 0.1) is 16.3 Å². The molecule has 2 aromatic rings. The predicted molar refractivity (Wildman–Crippen MR) is 99.2 cm³/mol. The van der Waals surface area contributed by atoms with E-state index in [-0.39, 0.29) is 34.5 Å². The minimum Gasteiger partial charge on any atom is -0.326 e. The number of carbonyl (C=O) groups excluding carboxylic acids is 1. The molecule has 0 saturated heterocycles. The lowest BCUT2D eigenvalue weighted by Gasteiger charge is -2.05. The van der Waals surface area contributed by atoms with E-state index in [4.69, 9.17) is 5.14 Å². The number of primary sulfonamides is 1. The van der Waals surface area contributed by atoms with Gasteiger partial charge in [-0.25, -0.2) is 22.0 Å². The van der Waals surface area contributed by atoms with Crippen LogP contribution in [0.4, 0.5) is 5.69 Å². The van der Waals surface area contributed by atoms with Crippen molar-refractivity contribution in [2.75, 3.05) is 11.9 Å². The van der Waals surface area contributed by atoms with Gasteiger partial charge in [0, 0.05) is 17.7 Å². The third-order valence-electron chi connectivity index (χ3n) is 3.74. The van der Waals surface area contributed by atoms with Crippen LogP contribution in [0, 0.1) is 0 Å². The van der Waals surface area contributed by atoms with Gasteiger partial charge in [-0.1, -0.05) is 12.1 Å². The molecule has 0 fully saturated rings. The third-order valence-corrected chi connectivity index (χ3v) is 6.06. The predicted octanol–water partition coefficient (Wildman–Crippen LogP) is 0.401. The maximum Gasteiger partial charge on any atom is 0.263 e. The Morgan fingerprint density at radius 2 is 1.78 bits per heavy atom. The van der Waals surface area contributed by atoms with E-state index in [2.05, 4.69) is 15.0 Å². The Labute approximate surface area is 156 Å². The quantitative estimate of drug-likeness (QED) is 0.655. The van der Waals surface area contributed by atoms with Gasteiger partial charge in [0.15, 0.2) is 0 Å². The molecule has 4 N–H and O–H groups in total. The summed E-state index contributed by atoms with van der Waals surface area (Å²) in [6.07, 6.45) is 0.0182. The fourth-order valence-corrected chi connectivity index (χ4v) is 4.24. The monoisotopic (exact) mass is 408 g/mol. The van der Waals surface area contributed by atoms with E-state index in [0.29, 0.717) is 11.3 Å². The fourth-order valence-electron chi connectivity index (χ4n) is 2.47. The third kappa shape index (κ3) is 4.32. The molecule has 0 aliphatic carbocycles. The molecule has 27 heavy (non-hydrogen) atoms. The number of rotatable bonds is 5. The number of nitrogens with two attached hydrogens (primary N) is 1. The summed E-state index contributed by atoms with van der Waals surface area (Å²) in [7, 11) is -7.40. The van der Waals surface area contributed by atoms with Crippen LogP contribution in [0.3, 0.4) is 0 Å². The van der Waals surface area contributed by atoms with Crippen LogP contribution in [0.25, 0.3) is 0 Å². The van der Waals surface area contributed by atoms with Crippen LogP contribution in [-0.2, 0) is 24.8 Å². The topological polar surface area (TPSA) is 148 Å². The molecule has 3 rings (SSSR count). The van der Waals surface area contributed by atoms with Crippen molar-refractivity contribution in [3.8, 4) is 0 Å². The summed E-state index contributed by atoms with van der Waals surface area (Å²) >= 11 is 0. The highest BCUT2D eigenvalue weighted by Crippen LogP contribution is 2.22. The zero-order valence-corrected chi connectivity index (χ0v) is 15.5. The number of amides is 1. The van der Waals surface area contributed by atoms with Crippen molar-refractivity contribution in [3.63, 3.8) is 0 Å². The van der Waals surface area contributed by atoms with E-state index >= 15 is 0 Å². The van der Waals surface area contributed by atoms with Crippen molar-refractivity contribution in [3.05, 3.63) is 54.1 Å². The smallest absolute Gasteiger partial charge is 0.263 e. The highest BCUT2D eigenvalue weighted by molar-refractivity contribution is 7.90. The molecule has 0 aromatic heterocycles. The number of sulfonamides is 2. The van der Waals surface area contributed by atoms with Crippen LogP contribution in [0.2, 0.25) is 0 Å². The zero-order valence-electron chi connectivity index (χ0n) is 13.9. The second-order valence-corrected chi connectivity index (χ2v) is 8.91. The number of aliphatic imine (C=N–C) groups is 1. The van der Waals surface area contributed by atoms with E-state index in [1.165, 1.54) is 30.3 Å². The number of nitrogens with one attached hydrogen (secondary N) is 2. The van der Waals surface area contributed by atoms with Gasteiger partial charge in [-0.3, -0.25) is 14.5 Å². The Kier molecular flexibility index (Phi) is 5.00. The molecule has 0 saturated carbocycles. The van der Waals surface area contributed by atoms with E-state index in [0.717, 1.165) is 0 Å². The minimum atomic E-state index is -3.79. The number of hydrogen-bond donors (Lipinski definition) is 3. The summed E-state index contributed by atoms with van der Waals surface area (Å²) in [6.45, 7) is 0.0767. The summed E-state index contributed by atoms with van der Waals surface area (Å²) < 4.78 is 48.7.